The Labute approximate surface area is 307 Å². The summed E-state index contributed by atoms with van der Waals surface area (Å²) in [6, 6.07) is 9.88. The summed E-state index contributed by atoms with van der Waals surface area (Å²) >= 11 is 9.86. The molecule has 2 rings (SSSR count). The van der Waals surface area contributed by atoms with E-state index in [9.17, 15) is 19.2 Å². The van der Waals surface area contributed by atoms with Gasteiger partial charge in [-0.05, 0) is 47.6 Å². The lowest BCUT2D eigenvalue weighted by Gasteiger charge is -2.33. The van der Waals surface area contributed by atoms with Crippen molar-refractivity contribution in [2.24, 2.45) is 10.8 Å². The lowest BCUT2D eigenvalue weighted by atomic mass is 9.77. The first-order chi connectivity index (χ1) is 23.6. The summed E-state index contributed by atoms with van der Waals surface area (Å²) in [5, 5.41) is 1.19. The van der Waals surface area contributed by atoms with Crippen LogP contribution in [0.1, 0.15) is 34.1 Å². The molecule has 0 unspecified atom stereocenters. The summed E-state index contributed by atoms with van der Waals surface area (Å²) in [6.45, 7) is 8.04. The van der Waals surface area contributed by atoms with Crippen molar-refractivity contribution in [3.05, 3.63) is 41.4 Å². The van der Waals surface area contributed by atoms with Gasteiger partial charge < -0.3 is 43.0 Å². The number of alkyl halides is 1. The third-order valence-electron chi connectivity index (χ3n) is 7.27. The maximum atomic E-state index is 12.3. The normalized spacial score (nSPS) is 11.2. The van der Waals surface area contributed by atoms with Gasteiger partial charge in [0.15, 0.2) is 0 Å². The van der Waals surface area contributed by atoms with Crippen LogP contribution < -0.4 is 24.0 Å². The first-order valence-corrected chi connectivity index (χ1v) is 17.2. The highest BCUT2D eigenvalue weighted by molar-refractivity contribution is 9.09. The van der Waals surface area contributed by atoms with Crippen molar-refractivity contribution in [3.8, 4) is 17.2 Å². The zero-order valence-corrected chi connectivity index (χ0v) is 32.3. The highest BCUT2D eigenvalue weighted by atomic mass is 79.9. The summed E-state index contributed by atoms with van der Waals surface area (Å²) in [6.07, 6.45) is 0.902. The number of anilines is 2. The topological polar surface area (TPSA) is 139 Å². The SMILES string of the molecule is COC(=O)CN(CC(=O)OC)c1ccc(OCC(C)(C)CC(C)(C)CBr)cc1OCCOc1ccc(Cl)cc1N(CC(=O)OC)CC(=O)OC. The number of ether oxygens (including phenoxy) is 7. The molecule has 0 heterocycles. The number of methoxy groups -OCH3 is 4. The fourth-order valence-corrected chi connectivity index (χ4v) is 5.50. The predicted octanol–water partition coefficient (Wildman–Crippen LogP) is 5.32. The first-order valence-electron chi connectivity index (χ1n) is 15.7. The average molecular weight is 788 g/mol. The zero-order valence-electron chi connectivity index (χ0n) is 30.0. The van der Waals surface area contributed by atoms with E-state index in [-0.39, 0.29) is 50.2 Å². The Kier molecular flexibility index (Phi) is 17.0. The van der Waals surface area contributed by atoms with Crippen molar-refractivity contribution in [2.45, 2.75) is 34.1 Å². The summed E-state index contributed by atoms with van der Waals surface area (Å²) in [5.41, 5.74) is 0.686. The molecule has 0 saturated heterocycles. The van der Waals surface area contributed by atoms with Crippen molar-refractivity contribution in [1.82, 2.24) is 0 Å². The Morgan fingerprint density at radius 2 is 1.12 bits per heavy atom. The maximum Gasteiger partial charge on any atom is 0.325 e. The van der Waals surface area contributed by atoms with Gasteiger partial charge in [0.1, 0.15) is 56.6 Å². The number of carbonyl (C=O) groups is 4. The summed E-state index contributed by atoms with van der Waals surface area (Å²) < 4.78 is 37.8. The molecule has 0 saturated carbocycles. The summed E-state index contributed by atoms with van der Waals surface area (Å²) in [4.78, 5) is 51.9. The van der Waals surface area contributed by atoms with Gasteiger partial charge in [0.25, 0.3) is 0 Å². The zero-order chi connectivity index (χ0) is 37.5. The molecule has 15 heteroatoms. The van der Waals surface area contributed by atoms with Crippen molar-refractivity contribution in [3.63, 3.8) is 0 Å². The molecule has 278 valence electrons. The van der Waals surface area contributed by atoms with Crippen molar-refractivity contribution >= 4 is 62.8 Å². The van der Waals surface area contributed by atoms with Gasteiger partial charge in [-0.15, -0.1) is 0 Å². The molecule has 0 aliphatic rings. The Bertz CT molecular complexity index is 1420. The lowest BCUT2D eigenvalue weighted by Crippen LogP contribution is -2.36. The molecule has 0 N–H and O–H groups in total. The summed E-state index contributed by atoms with van der Waals surface area (Å²) in [7, 11) is 4.99. The van der Waals surface area contributed by atoms with Gasteiger partial charge in [0.2, 0.25) is 0 Å². The molecule has 13 nitrogen and oxygen atoms in total. The van der Waals surface area contributed by atoms with Crippen molar-refractivity contribution in [2.75, 3.05) is 89.6 Å². The molecular formula is C35H48BrClN2O11. The molecule has 2 aromatic carbocycles. The second kappa shape index (κ2) is 20.1. The van der Waals surface area contributed by atoms with E-state index in [2.05, 4.69) is 43.6 Å². The van der Waals surface area contributed by atoms with E-state index in [1.165, 1.54) is 38.2 Å². The Morgan fingerprint density at radius 3 is 1.60 bits per heavy atom. The van der Waals surface area contributed by atoms with Crippen molar-refractivity contribution in [1.29, 1.82) is 0 Å². The molecule has 0 radical (unpaired) electrons. The van der Waals surface area contributed by atoms with Gasteiger partial charge in [0.05, 0.1) is 46.4 Å². The number of nitrogens with zero attached hydrogens (tertiary/aromatic N) is 2. The van der Waals surface area contributed by atoms with Crippen LogP contribution in [0.5, 0.6) is 17.2 Å². The smallest absolute Gasteiger partial charge is 0.325 e. The second-order valence-corrected chi connectivity index (χ2v) is 13.9. The minimum Gasteiger partial charge on any atom is -0.493 e. The van der Waals surface area contributed by atoms with Crippen LogP contribution in [0.25, 0.3) is 0 Å². The molecule has 0 atom stereocenters. The molecule has 2 aromatic rings. The van der Waals surface area contributed by atoms with Crippen LogP contribution in [0.4, 0.5) is 11.4 Å². The van der Waals surface area contributed by atoms with E-state index in [1.54, 1.807) is 36.4 Å². The minimum absolute atomic E-state index is 0.00173. The fourth-order valence-electron chi connectivity index (χ4n) is 5.13. The van der Waals surface area contributed by atoms with Crippen LogP contribution in [0, 0.1) is 10.8 Å². The van der Waals surface area contributed by atoms with Gasteiger partial charge in [0, 0.05) is 16.4 Å². The Balaban J connectivity index is 2.38. The number of hydrogen-bond acceptors (Lipinski definition) is 13. The van der Waals surface area contributed by atoms with E-state index >= 15 is 0 Å². The second-order valence-electron chi connectivity index (χ2n) is 12.9. The number of rotatable bonds is 21. The largest absolute Gasteiger partial charge is 0.493 e. The fraction of sp³-hybridized carbons (Fsp3) is 0.543. The van der Waals surface area contributed by atoms with Gasteiger partial charge in [-0.25, -0.2) is 0 Å². The van der Waals surface area contributed by atoms with Crippen LogP contribution in [0.3, 0.4) is 0 Å². The van der Waals surface area contributed by atoms with E-state index in [4.69, 9.17) is 44.8 Å². The molecule has 0 amide bonds. The molecular weight excluding hydrogens is 740 g/mol. The van der Waals surface area contributed by atoms with E-state index < -0.39 is 23.9 Å². The highest BCUT2D eigenvalue weighted by Crippen LogP contribution is 2.37. The van der Waals surface area contributed by atoms with E-state index in [0.29, 0.717) is 40.3 Å². The molecule has 0 aliphatic heterocycles. The third kappa shape index (κ3) is 14.1. The van der Waals surface area contributed by atoms with Gasteiger partial charge >= 0.3 is 23.9 Å². The van der Waals surface area contributed by atoms with Gasteiger partial charge in [-0.3, -0.25) is 19.2 Å². The number of hydrogen-bond donors (Lipinski definition) is 0. The standard InChI is InChI=1S/C35H48BrClN2O11/c1-34(2,22-36)21-35(3,4)23-50-25-10-11-26(38(17-30(40)44-5)18-31(41)45-6)29(16-25)49-14-13-48-28-12-9-24(37)15-27(28)39(19-32(42)46-7)20-33(43)47-8/h9-12,15-16H,13-14,17-23H2,1-8H3. The summed E-state index contributed by atoms with van der Waals surface area (Å²) in [5.74, 6) is -1.17. The highest BCUT2D eigenvalue weighted by Gasteiger charge is 2.29. The van der Waals surface area contributed by atoms with Crippen LogP contribution in [0.2, 0.25) is 5.02 Å². The minimum atomic E-state index is -0.587. The lowest BCUT2D eigenvalue weighted by molar-refractivity contribution is -0.141. The Morgan fingerprint density at radius 1 is 0.640 bits per heavy atom. The number of carbonyl (C=O) groups excluding carboxylic acids is 4. The quantitative estimate of drug-likeness (QED) is 0.0699. The maximum absolute atomic E-state index is 12.3. The van der Waals surface area contributed by atoms with Gasteiger partial charge in [-0.1, -0.05) is 55.2 Å². The molecule has 0 aromatic heterocycles. The Hall–Kier alpha value is -3.91. The van der Waals surface area contributed by atoms with Crippen LogP contribution >= 0.6 is 27.5 Å². The van der Waals surface area contributed by atoms with Crippen molar-refractivity contribution < 1.29 is 52.3 Å². The predicted molar refractivity (Wildman–Crippen MR) is 193 cm³/mol. The number of benzene rings is 2. The number of esters is 4. The van der Waals surface area contributed by atoms with Crippen LogP contribution in [0.15, 0.2) is 36.4 Å². The van der Waals surface area contributed by atoms with Gasteiger partial charge in [-0.2, -0.15) is 0 Å². The molecule has 0 aliphatic carbocycles. The van der Waals surface area contributed by atoms with Crippen LogP contribution in [-0.4, -0.2) is 104 Å². The van der Waals surface area contributed by atoms with Crippen LogP contribution in [-0.2, 0) is 38.1 Å². The van der Waals surface area contributed by atoms with E-state index in [0.717, 1.165) is 11.8 Å². The first kappa shape index (κ1) is 42.3. The molecule has 0 fully saturated rings. The average Bonchev–Trinajstić information content (AvgIpc) is 3.08. The molecule has 0 bridgehead atoms. The third-order valence-corrected chi connectivity index (χ3v) is 9.02. The molecule has 0 spiro atoms. The number of halogens is 2. The monoisotopic (exact) mass is 786 g/mol. The molecule has 50 heavy (non-hydrogen) atoms. The van der Waals surface area contributed by atoms with E-state index in [1.807, 2.05) is 0 Å².